The van der Waals surface area contributed by atoms with Gasteiger partial charge < -0.3 is 9.84 Å². The maximum absolute atomic E-state index is 13.4. The number of ether oxygens (including phenoxy) is 1. The van der Waals surface area contributed by atoms with Gasteiger partial charge in [0.2, 0.25) is 0 Å². The number of carboxylic acids is 1. The van der Waals surface area contributed by atoms with E-state index in [2.05, 4.69) is 15.9 Å². The van der Waals surface area contributed by atoms with E-state index in [1.165, 1.54) is 24.3 Å². The number of carboxylic acid groups (broad SMARTS) is 1. The number of halogens is 3. The van der Waals surface area contributed by atoms with Gasteiger partial charge in [-0.25, -0.2) is 9.18 Å². The minimum absolute atomic E-state index is 0.00178. The molecule has 0 atom stereocenters. The molecular formula is C14H9BrClFO3. The van der Waals surface area contributed by atoms with Crippen molar-refractivity contribution < 1.29 is 19.0 Å². The van der Waals surface area contributed by atoms with Crippen LogP contribution in [-0.4, -0.2) is 11.1 Å². The van der Waals surface area contributed by atoms with Crippen LogP contribution in [-0.2, 0) is 6.61 Å². The fourth-order valence-corrected chi connectivity index (χ4v) is 2.15. The summed E-state index contributed by atoms with van der Waals surface area (Å²) in [4.78, 5) is 11.1. The Morgan fingerprint density at radius 2 is 2.10 bits per heavy atom. The largest absolute Gasteiger partial charge is 0.488 e. The molecule has 0 saturated heterocycles. The maximum Gasteiger partial charge on any atom is 0.339 e. The van der Waals surface area contributed by atoms with E-state index >= 15 is 0 Å². The third-order valence-corrected chi connectivity index (χ3v) is 3.71. The zero-order valence-electron chi connectivity index (χ0n) is 10.1. The molecule has 2 rings (SSSR count). The van der Waals surface area contributed by atoms with Crippen molar-refractivity contribution in [2.24, 2.45) is 0 Å². The van der Waals surface area contributed by atoms with Gasteiger partial charge >= 0.3 is 5.97 Å². The summed E-state index contributed by atoms with van der Waals surface area (Å²) in [5.41, 5.74) is 0.572. The summed E-state index contributed by atoms with van der Waals surface area (Å²) < 4.78 is 19.1. The summed E-state index contributed by atoms with van der Waals surface area (Å²) >= 11 is 8.94. The molecule has 2 aromatic carbocycles. The molecule has 0 saturated carbocycles. The van der Waals surface area contributed by atoms with Gasteiger partial charge in [0.25, 0.3) is 0 Å². The highest BCUT2D eigenvalue weighted by Crippen LogP contribution is 2.26. The number of rotatable bonds is 4. The van der Waals surface area contributed by atoms with Gasteiger partial charge in [-0.3, -0.25) is 0 Å². The Labute approximate surface area is 128 Å². The maximum atomic E-state index is 13.4. The molecule has 0 radical (unpaired) electrons. The van der Waals surface area contributed by atoms with Crippen molar-refractivity contribution in [2.45, 2.75) is 6.61 Å². The lowest BCUT2D eigenvalue weighted by molar-refractivity contribution is 0.0691. The van der Waals surface area contributed by atoms with Crippen LogP contribution in [0.3, 0.4) is 0 Å². The summed E-state index contributed by atoms with van der Waals surface area (Å²) in [6.45, 7) is 0.0268. The lowest BCUT2D eigenvalue weighted by Crippen LogP contribution is -2.04. The van der Waals surface area contributed by atoms with Gasteiger partial charge in [-0.15, -0.1) is 0 Å². The van der Waals surface area contributed by atoms with E-state index in [1.807, 2.05) is 0 Å². The Balaban J connectivity index is 2.24. The first-order valence-corrected chi connectivity index (χ1v) is 6.74. The summed E-state index contributed by atoms with van der Waals surface area (Å²) in [6, 6.07) is 8.79. The molecule has 0 bridgehead atoms. The van der Waals surface area contributed by atoms with Gasteiger partial charge in [0.05, 0.1) is 4.47 Å². The Bertz CT molecular complexity index is 661. The molecule has 0 aromatic heterocycles. The van der Waals surface area contributed by atoms with Crippen LogP contribution in [0.25, 0.3) is 0 Å². The summed E-state index contributed by atoms with van der Waals surface area (Å²) in [7, 11) is 0. The molecule has 3 nitrogen and oxygen atoms in total. The monoisotopic (exact) mass is 358 g/mol. The molecule has 20 heavy (non-hydrogen) atoms. The molecule has 1 N–H and O–H groups in total. The Morgan fingerprint density at radius 3 is 2.80 bits per heavy atom. The van der Waals surface area contributed by atoms with Crippen molar-refractivity contribution in [2.75, 3.05) is 0 Å². The molecule has 0 fully saturated rings. The molecule has 0 aliphatic carbocycles. The molecule has 104 valence electrons. The van der Waals surface area contributed by atoms with E-state index < -0.39 is 11.8 Å². The van der Waals surface area contributed by atoms with Crippen LogP contribution in [0, 0.1) is 5.82 Å². The number of aromatic carboxylic acids is 1. The van der Waals surface area contributed by atoms with Crippen molar-refractivity contribution in [3.05, 3.63) is 62.8 Å². The molecule has 6 heteroatoms. The second kappa shape index (κ2) is 6.24. The predicted octanol–water partition coefficient (Wildman–Crippen LogP) is 4.52. The van der Waals surface area contributed by atoms with Crippen LogP contribution in [0.5, 0.6) is 5.75 Å². The van der Waals surface area contributed by atoms with E-state index in [4.69, 9.17) is 21.4 Å². The van der Waals surface area contributed by atoms with Crippen LogP contribution in [0.1, 0.15) is 15.9 Å². The number of hydrogen-bond donors (Lipinski definition) is 1. The fourth-order valence-electron chi connectivity index (χ4n) is 1.61. The van der Waals surface area contributed by atoms with Crippen molar-refractivity contribution in [1.82, 2.24) is 0 Å². The first-order chi connectivity index (χ1) is 9.49. The van der Waals surface area contributed by atoms with Crippen LogP contribution in [0.15, 0.2) is 40.9 Å². The van der Waals surface area contributed by atoms with Crippen molar-refractivity contribution >= 4 is 33.5 Å². The van der Waals surface area contributed by atoms with Crippen molar-refractivity contribution in [1.29, 1.82) is 0 Å². The van der Waals surface area contributed by atoms with Gasteiger partial charge in [-0.05, 0) is 40.2 Å². The zero-order chi connectivity index (χ0) is 14.7. The molecular weight excluding hydrogens is 351 g/mol. The molecule has 0 amide bonds. The first-order valence-electron chi connectivity index (χ1n) is 5.57. The van der Waals surface area contributed by atoms with Gasteiger partial charge in [-0.1, -0.05) is 23.7 Å². The molecule has 0 unspecified atom stereocenters. The highest BCUT2D eigenvalue weighted by atomic mass is 79.9. The third-order valence-electron chi connectivity index (χ3n) is 2.59. The SMILES string of the molecule is O=C(O)c1ccc(Cl)cc1OCc1cccc(F)c1Br. The van der Waals surface area contributed by atoms with Gasteiger partial charge in [0.15, 0.2) is 0 Å². The number of carbonyl (C=O) groups is 1. The Hall–Kier alpha value is -1.59. The van der Waals surface area contributed by atoms with Crippen molar-refractivity contribution in [3.63, 3.8) is 0 Å². The van der Waals surface area contributed by atoms with E-state index in [9.17, 15) is 9.18 Å². The predicted molar refractivity (Wildman–Crippen MR) is 76.8 cm³/mol. The molecule has 0 aliphatic rings. The fraction of sp³-hybridized carbons (Fsp3) is 0.0714. The summed E-state index contributed by atoms with van der Waals surface area (Å²) in [5.74, 6) is -1.38. The van der Waals surface area contributed by atoms with E-state index in [1.54, 1.807) is 12.1 Å². The minimum atomic E-state index is -1.12. The Morgan fingerprint density at radius 1 is 1.35 bits per heavy atom. The standard InChI is InChI=1S/C14H9BrClFO3/c15-13-8(2-1-3-11(13)17)7-20-12-6-9(16)4-5-10(12)14(18)19/h1-6H,7H2,(H,18,19). The second-order valence-corrected chi connectivity index (χ2v) is 5.18. The topological polar surface area (TPSA) is 46.5 Å². The molecule has 0 spiro atoms. The van der Waals surface area contributed by atoms with E-state index in [-0.39, 0.29) is 17.9 Å². The summed E-state index contributed by atoms with van der Waals surface area (Å²) in [6.07, 6.45) is 0. The van der Waals surface area contributed by atoms with Gasteiger partial charge in [-0.2, -0.15) is 0 Å². The van der Waals surface area contributed by atoms with Crippen LogP contribution in [0.4, 0.5) is 4.39 Å². The average Bonchev–Trinajstić information content (AvgIpc) is 2.40. The normalized spacial score (nSPS) is 10.3. The van der Waals surface area contributed by atoms with Gasteiger partial charge in [0, 0.05) is 10.6 Å². The molecule has 2 aromatic rings. The summed E-state index contributed by atoms with van der Waals surface area (Å²) in [5, 5.41) is 9.42. The third kappa shape index (κ3) is 3.29. The lowest BCUT2D eigenvalue weighted by Gasteiger charge is -2.11. The van der Waals surface area contributed by atoms with E-state index in [0.717, 1.165) is 0 Å². The highest BCUT2D eigenvalue weighted by molar-refractivity contribution is 9.10. The quantitative estimate of drug-likeness (QED) is 0.873. The second-order valence-electron chi connectivity index (χ2n) is 3.95. The molecule has 0 heterocycles. The van der Waals surface area contributed by atoms with Crippen molar-refractivity contribution in [3.8, 4) is 5.75 Å². The first kappa shape index (κ1) is 14.8. The smallest absolute Gasteiger partial charge is 0.339 e. The highest BCUT2D eigenvalue weighted by Gasteiger charge is 2.13. The zero-order valence-corrected chi connectivity index (χ0v) is 12.4. The minimum Gasteiger partial charge on any atom is -0.488 e. The number of hydrogen-bond acceptors (Lipinski definition) is 2. The van der Waals surface area contributed by atoms with E-state index in [0.29, 0.717) is 15.1 Å². The van der Waals surface area contributed by atoms with Gasteiger partial charge in [0.1, 0.15) is 23.7 Å². The molecule has 0 aliphatic heterocycles. The van der Waals surface area contributed by atoms with Crippen LogP contribution >= 0.6 is 27.5 Å². The average molecular weight is 360 g/mol. The van der Waals surface area contributed by atoms with Crippen LogP contribution < -0.4 is 4.74 Å². The van der Waals surface area contributed by atoms with Crippen LogP contribution in [0.2, 0.25) is 5.02 Å². The Kier molecular flexibility index (Phi) is 4.62. The number of benzene rings is 2. The lowest BCUT2D eigenvalue weighted by atomic mass is 10.2.